The second-order valence-corrected chi connectivity index (χ2v) is 4.47. The molecule has 0 unspecified atom stereocenters. The third-order valence-electron chi connectivity index (χ3n) is 3.26. The van der Waals surface area contributed by atoms with Gasteiger partial charge in [-0.2, -0.15) is 0 Å². The number of esters is 2. The molecule has 2 N–H and O–H groups in total. The first-order valence-electron chi connectivity index (χ1n) is 6.04. The van der Waals surface area contributed by atoms with E-state index in [2.05, 4.69) is 5.32 Å². The van der Waals surface area contributed by atoms with Crippen molar-refractivity contribution < 1.29 is 24.2 Å². The molecule has 2 rings (SSSR count). The molecule has 1 atom stereocenters. The number of carbonyl (C=O) groups is 3. The van der Waals surface area contributed by atoms with Crippen LogP contribution in [-0.4, -0.2) is 35.6 Å². The maximum absolute atomic E-state index is 11.7. The van der Waals surface area contributed by atoms with E-state index in [1.54, 1.807) is 0 Å². The minimum Gasteiger partial charge on any atom is -0.478 e. The molecule has 6 heteroatoms. The first-order chi connectivity index (χ1) is 8.59. The Kier molecular flexibility index (Phi) is 3.76. The van der Waals surface area contributed by atoms with Crippen molar-refractivity contribution in [2.24, 2.45) is 0 Å². The summed E-state index contributed by atoms with van der Waals surface area (Å²) >= 11 is 0. The van der Waals surface area contributed by atoms with Gasteiger partial charge in [0.2, 0.25) is 0 Å². The quantitative estimate of drug-likeness (QED) is 0.557. The van der Waals surface area contributed by atoms with E-state index in [0.29, 0.717) is 25.7 Å². The molecular weight excluding hydrogens is 238 g/mol. The number of nitrogens with one attached hydrogen (secondary N) is 1. The van der Waals surface area contributed by atoms with Crippen molar-refractivity contribution in [2.45, 2.75) is 38.1 Å². The molecule has 98 valence electrons. The molecule has 2 aliphatic rings. The van der Waals surface area contributed by atoms with Gasteiger partial charge in [-0.1, -0.05) is 0 Å². The molecule has 1 saturated heterocycles. The van der Waals surface area contributed by atoms with Crippen molar-refractivity contribution in [3.63, 3.8) is 0 Å². The predicted molar refractivity (Wildman–Crippen MR) is 60.6 cm³/mol. The van der Waals surface area contributed by atoms with Crippen LogP contribution in [0.25, 0.3) is 0 Å². The molecule has 1 heterocycles. The van der Waals surface area contributed by atoms with Gasteiger partial charge in [-0.25, -0.2) is 14.4 Å². The Morgan fingerprint density at radius 3 is 2.50 bits per heavy atom. The van der Waals surface area contributed by atoms with E-state index in [4.69, 9.17) is 9.84 Å². The predicted octanol–water partition coefficient (Wildman–Crippen LogP) is 0.373. The van der Waals surface area contributed by atoms with Crippen LogP contribution < -0.4 is 5.32 Å². The first kappa shape index (κ1) is 12.8. The van der Waals surface area contributed by atoms with Gasteiger partial charge in [-0.3, -0.25) is 0 Å². The third-order valence-corrected chi connectivity index (χ3v) is 3.26. The number of aliphatic carboxylic acids is 1. The Hall–Kier alpha value is -1.69. The van der Waals surface area contributed by atoms with Crippen LogP contribution in [0.15, 0.2) is 11.1 Å². The standard InChI is InChI=1S/C12H15NO5/c14-10(15)7-3-1-4-8(7)11(16)18-12(17)9-5-2-6-13-9/h9,13H,1-6H2,(H,14,15)/t9-/m0/s1. The van der Waals surface area contributed by atoms with Crippen LogP contribution in [0.4, 0.5) is 0 Å². The number of rotatable bonds is 3. The lowest BCUT2D eigenvalue weighted by molar-refractivity contribution is -0.158. The second kappa shape index (κ2) is 5.30. The molecular formula is C12H15NO5. The Bertz CT molecular complexity index is 420. The molecule has 1 fully saturated rings. The summed E-state index contributed by atoms with van der Waals surface area (Å²) in [7, 11) is 0. The molecule has 0 aromatic carbocycles. The van der Waals surface area contributed by atoms with Gasteiger partial charge in [0.15, 0.2) is 0 Å². The summed E-state index contributed by atoms with van der Waals surface area (Å²) < 4.78 is 4.74. The summed E-state index contributed by atoms with van der Waals surface area (Å²) in [6, 6.07) is -0.441. The van der Waals surface area contributed by atoms with Crippen LogP contribution in [0.1, 0.15) is 32.1 Å². The maximum atomic E-state index is 11.7. The summed E-state index contributed by atoms with van der Waals surface area (Å²) in [5.74, 6) is -2.52. The van der Waals surface area contributed by atoms with Gasteiger partial charge >= 0.3 is 17.9 Å². The second-order valence-electron chi connectivity index (χ2n) is 4.47. The fourth-order valence-corrected chi connectivity index (χ4v) is 2.31. The zero-order valence-corrected chi connectivity index (χ0v) is 9.90. The molecule has 18 heavy (non-hydrogen) atoms. The van der Waals surface area contributed by atoms with Crippen molar-refractivity contribution in [1.82, 2.24) is 5.32 Å². The largest absolute Gasteiger partial charge is 0.478 e. The van der Waals surface area contributed by atoms with Crippen LogP contribution in [0.2, 0.25) is 0 Å². The van der Waals surface area contributed by atoms with E-state index in [1.807, 2.05) is 0 Å². The normalized spacial score (nSPS) is 23.2. The molecule has 0 aromatic rings. The number of ether oxygens (including phenoxy) is 1. The van der Waals surface area contributed by atoms with Crippen molar-refractivity contribution in [2.75, 3.05) is 6.54 Å². The SMILES string of the molecule is O=C(O)C1=C(C(=O)OC(=O)[C@@H]2CCCN2)CCC1. The van der Waals surface area contributed by atoms with Gasteiger partial charge < -0.3 is 15.2 Å². The zero-order chi connectivity index (χ0) is 13.1. The summed E-state index contributed by atoms with van der Waals surface area (Å²) in [5.41, 5.74) is 0.209. The zero-order valence-electron chi connectivity index (χ0n) is 9.90. The van der Waals surface area contributed by atoms with Crippen LogP contribution in [0.5, 0.6) is 0 Å². The monoisotopic (exact) mass is 253 g/mol. The summed E-state index contributed by atoms with van der Waals surface area (Å²) in [4.78, 5) is 34.2. The number of carbonyl (C=O) groups excluding carboxylic acids is 2. The van der Waals surface area contributed by atoms with Gasteiger partial charge in [0.05, 0.1) is 0 Å². The third kappa shape index (κ3) is 2.59. The van der Waals surface area contributed by atoms with E-state index in [9.17, 15) is 14.4 Å². The first-order valence-corrected chi connectivity index (χ1v) is 6.04. The molecule has 0 spiro atoms. The van der Waals surface area contributed by atoms with Gasteiger partial charge in [0.25, 0.3) is 0 Å². The number of hydrogen-bond acceptors (Lipinski definition) is 5. The topological polar surface area (TPSA) is 92.7 Å². The van der Waals surface area contributed by atoms with Gasteiger partial charge in [0, 0.05) is 11.1 Å². The fraction of sp³-hybridized carbons (Fsp3) is 0.583. The van der Waals surface area contributed by atoms with E-state index < -0.39 is 23.9 Å². The van der Waals surface area contributed by atoms with Crippen LogP contribution >= 0.6 is 0 Å². The van der Waals surface area contributed by atoms with Crippen molar-refractivity contribution in [3.05, 3.63) is 11.1 Å². The van der Waals surface area contributed by atoms with Gasteiger partial charge in [-0.15, -0.1) is 0 Å². The highest BCUT2D eigenvalue weighted by Crippen LogP contribution is 2.27. The number of carboxylic acid groups (broad SMARTS) is 1. The average Bonchev–Trinajstić information content (AvgIpc) is 3.00. The Morgan fingerprint density at radius 2 is 1.89 bits per heavy atom. The van der Waals surface area contributed by atoms with E-state index in [0.717, 1.165) is 13.0 Å². The number of carboxylic acids is 1. The fourth-order valence-electron chi connectivity index (χ4n) is 2.31. The smallest absolute Gasteiger partial charge is 0.342 e. The average molecular weight is 253 g/mol. The molecule has 1 aliphatic heterocycles. The van der Waals surface area contributed by atoms with E-state index >= 15 is 0 Å². The van der Waals surface area contributed by atoms with Crippen molar-refractivity contribution in [1.29, 1.82) is 0 Å². The van der Waals surface area contributed by atoms with E-state index in [-0.39, 0.29) is 11.1 Å². The van der Waals surface area contributed by atoms with Crippen LogP contribution in [-0.2, 0) is 19.1 Å². The highest BCUT2D eigenvalue weighted by atomic mass is 16.6. The van der Waals surface area contributed by atoms with Gasteiger partial charge in [0.1, 0.15) is 6.04 Å². The highest BCUT2D eigenvalue weighted by molar-refractivity contribution is 6.04. The lowest BCUT2D eigenvalue weighted by Gasteiger charge is -2.09. The molecule has 1 aliphatic carbocycles. The minimum atomic E-state index is -1.11. The van der Waals surface area contributed by atoms with Crippen LogP contribution in [0, 0.1) is 0 Å². The highest BCUT2D eigenvalue weighted by Gasteiger charge is 2.30. The molecule has 0 saturated carbocycles. The number of hydrogen-bond donors (Lipinski definition) is 2. The lowest BCUT2D eigenvalue weighted by Crippen LogP contribution is -2.34. The van der Waals surface area contributed by atoms with Crippen LogP contribution in [0.3, 0.4) is 0 Å². The molecule has 0 radical (unpaired) electrons. The Balaban J connectivity index is 2.01. The summed E-state index contributed by atoms with van der Waals surface area (Å²) in [6.07, 6.45) is 2.86. The Labute approximate surface area is 104 Å². The molecule has 6 nitrogen and oxygen atoms in total. The molecule has 0 bridgehead atoms. The molecule has 0 amide bonds. The van der Waals surface area contributed by atoms with Crippen molar-refractivity contribution >= 4 is 17.9 Å². The molecule has 0 aromatic heterocycles. The Morgan fingerprint density at radius 1 is 1.17 bits per heavy atom. The summed E-state index contributed by atoms with van der Waals surface area (Å²) in [6.45, 7) is 0.733. The van der Waals surface area contributed by atoms with E-state index in [1.165, 1.54) is 0 Å². The van der Waals surface area contributed by atoms with Gasteiger partial charge in [-0.05, 0) is 38.6 Å². The minimum absolute atomic E-state index is 0.0761. The summed E-state index contributed by atoms with van der Waals surface area (Å²) in [5, 5.41) is 11.8. The maximum Gasteiger partial charge on any atom is 0.342 e. The van der Waals surface area contributed by atoms with Crippen molar-refractivity contribution in [3.8, 4) is 0 Å². The lowest BCUT2D eigenvalue weighted by atomic mass is 10.1.